The first kappa shape index (κ1) is 16.7. The van der Waals surface area contributed by atoms with Crippen LogP contribution in [0.4, 0.5) is 0 Å². The lowest BCUT2D eigenvalue weighted by Gasteiger charge is -2.51. The molecule has 0 spiro atoms. The summed E-state index contributed by atoms with van der Waals surface area (Å²) in [4.78, 5) is 19.9. The van der Waals surface area contributed by atoms with Gasteiger partial charge in [-0.05, 0) is 68.0 Å². The summed E-state index contributed by atoms with van der Waals surface area (Å²) in [5.41, 5.74) is 2.05. The van der Waals surface area contributed by atoms with Crippen molar-refractivity contribution in [1.82, 2.24) is 9.88 Å². The molecule has 0 radical (unpaired) electrons. The highest BCUT2D eigenvalue weighted by Crippen LogP contribution is 2.41. The maximum Gasteiger partial charge on any atom is 0.198 e. The number of nitrogens with zero attached hydrogens (tertiary/aromatic N) is 2. The summed E-state index contributed by atoms with van der Waals surface area (Å²) in [6, 6.07) is 14.3. The highest BCUT2D eigenvalue weighted by Gasteiger charge is 2.43. The molecule has 0 N–H and O–H groups in total. The minimum atomic E-state index is 0.140. The first-order valence-electron chi connectivity index (χ1n) is 9.92. The third-order valence-electron chi connectivity index (χ3n) is 6.43. The molecule has 3 aromatic rings. The van der Waals surface area contributed by atoms with Crippen molar-refractivity contribution >= 4 is 16.8 Å². The molecule has 3 saturated heterocycles. The molecular weight excluding hydrogens is 336 g/mol. The van der Waals surface area contributed by atoms with Crippen molar-refractivity contribution in [3.05, 3.63) is 66.2 Å². The minimum Gasteiger partial charge on any atom is -0.453 e. The zero-order valence-corrected chi connectivity index (χ0v) is 15.4. The monoisotopic (exact) mass is 360 g/mol. The number of piperidine rings is 3. The van der Waals surface area contributed by atoms with E-state index in [1.807, 2.05) is 48.8 Å². The standard InChI is InChI=1S/C23H24N2O2/c26-21(23-13-18-5-1-2-6-22(18)27-23)14-19-17-7-10-25(11-8-17)20(19)12-16-4-3-9-24-15-16/h1-6,9,13,15,17,19-20H,7-8,10-12,14H2/t19-,20+/m0/s1. The van der Waals surface area contributed by atoms with Gasteiger partial charge in [0.25, 0.3) is 0 Å². The summed E-state index contributed by atoms with van der Waals surface area (Å²) >= 11 is 0. The lowest BCUT2D eigenvalue weighted by molar-refractivity contribution is -0.0115. The lowest BCUT2D eigenvalue weighted by Crippen LogP contribution is -2.56. The van der Waals surface area contributed by atoms with Crippen molar-refractivity contribution in [2.24, 2.45) is 11.8 Å². The normalized spacial score (nSPS) is 27.1. The summed E-state index contributed by atoms with van der Waals surface area (Å²) < 4.78 is 5.83. The Balaban J connectivity index is 1.38. The van der Waals surface area contributed by atoms with Crippen LogP contribution in [-0.2, 0) is 6.42 Å². The van der Waals surface area contributed by atoms with Gasteiger partial charge in [-0.3, -0.25) is 14.7 Å². The Hall–Kier alpha value is -2.46. The van der Waals surface area contributed by atoms with Crippen molar-refractivity contribution in [1.29, 1.82) is 0 Å². The molecule has 0 saturated carbocycles. The van der Waals surface area contributed by atoms with Gasteiger partial charge < -0.3 is 4.42 Å². The Labute approximate surface area is 159 Å². The van der Waals surface area contributed by atoms with Gasteiger partial charge in [0, 0.05) is 30.2 Å². The van der Waals surface area contributed by atoms with Crippen molar-refractivity contribution < 1.29 is 9.21 Å². The fraction of sp³-hybridized carbons (Fsp3) is 0.391. The van der Waals surface area contributed by atoms with E-state index in [0.717, 1.165) is 30.5 Å². The molecule has 2 atom stereocenters. The highest BCUT2D eigenvalue weighted by molar-refractivity contribution is 5.97. The van der Waals surface area contributed by atoms with Crippen molar-refractivity contribution in [3.63, 3.8) is 0 Å². The number of benzene rings is 1. The van der Waals surface area contributed by atoms with Crippen LogP contribution in [-0.4, -0.2) is 34.8 Å². The first-order valence-corrected chi connectivity index (χ1v) is 9.92. The van der Waals surface area contributed by atoms with Gasteiger partial charge in [0.05, 0.1) is 0 Å². The van der Waals surface area contributed by atoms with E-state index in [4.69, 9.17) is 4.42 Å². The number of pyridine rings is 1. The number of aromatic nitrogens is 1. The fourth-order valence-corrected chi connectivity index (χ4v) is 5.04. The van der Waals surface area contributed by atoms with Gasteiger partial charge in [-0.25, -0.2) is 0 Å². The maximum atomic E-state index is 13.0. The number of rotatable bonds is 5. The highest BCUT2D eigenvalue weighted by atomic mass is 16.3. The molecule has 2 aromatic heterocycles. The van der Waals surface area contributed by atoms with Crippen LogP contribution < -0.4 is 0 Å². The number of hydrogen-bond acceptors (Lipinski definition) is 4. The Bertz CT molecular complexity index is 908. The Morgan fingerprint density at radius 2 is 2.00 bits per heavy atom. The Morgan fingerprint density at radius 1 is 1.15 bits per heavy atom. The van der Waals surface area contributed by atoms with Gasteiger partial charge >= 0.3 is 0 Å². The number of carbonyl (C=O) groups is 1. The van der Waals surface area contributed by atoms with Crippen LogP contribution in [0.25, 0.3) is 11.0 Å². The SMILES string of the molecule is O=C(C[C@H]1C2CCN(CC2)[C@@H]1Cc1cccnc1)c1cc2ccccc2o1. The van der Waals surface area contributed by atoms with Crippen molar-refractivity contribution in [2.75, 3.05) is 13.1 Å². The second-order valence-corrected chi connectivity index (χ2v) is 7.95. The van der Waals surface area contributed by atoms with Crippen LogP contribution in [0.15, 0.2) is 59.3 Å². The van der Waals surface area contributed by atoms with E-state index >= 15 is 0 Å². The van der Waals surface area contributed by atoms with Gasteiger partial charge in [0.15, 0.2) is 11.5 Å². The molecule has 4 heteroatoms. The lowest BCUT2D eigenvalue weighted by atomic mass is 9.70. The zero-order chi connectivity index (χ0) is 18.2. The maximum absolute atomic E-state index is 13.0. The predicted molar refractivity (Wildman–Crippen MR) is 105 cm³/mol. The zero-order valence-electron chi connectivity index (χ0n) is 15.4. The average molecular weight is 360 g/mol. The van der Waals surface area contributed by atoms with E-state index in [1.165, 1.54) is 18.4 Å². The third kappa shape index (κ3) is 3.19. The number of para-hydroxylation sites is 1. The van der Waals surface area contributed by atoms with E-state index in [0.29, 0.717) is 30.1 Å². The summed E-state index contributed by atoms with van der Waals surface area (Å²) in [6.45, 7) is 2.32. The molecule has 27 heavy (non-hydrogen) atoms. The Kier molecular flexibility index (Phi) is 4.29. The van der Waals surface area contributed by atoms with E-state index < -0.39 is 0 Å². The first-order chi connectivity index (χ1) is 13.3. The van der Waals surface area contributed by atoms with Gasteiger partial charge in [0.1, 0.15) is 5.58 Å². The molecule has 6 rings (SSSR count). The topological polar surface area (TPSA) is 46.3 Å². The van der Waals surface area contributed by atoms with Crippen LogP contribution >= 0.6 is 0 Å². The molecule has 2 bridgehead atoms. The third-order valence-corrected chi connectivity index (χ3v) is 6.43. The van der Waals surface area contributed by atoms with Crippen molar-refractivity contribution in [3.8, 4) is 0 Å². The summed E-state index contributed by atoms with van der Waals surface area (Å²) in [5, 5.41) is 1.00. The number of furan rings is 1. The van der Waals surface area contributed by atoms with E-state index in [2.05, 4.69) is 16.0 Å². The molecule has 138 valence electrons. The minimum absolute atomic E-state index is 0.140. The van der Waals surface area contributed by atoms with Gasteiger partial charge in [-0.15, -0.1) is 0 Å². The molecule has 5 heterocycles. The molecule has 0 unspecified atom stereocenters. The smallest absolute Gasteiger partial charge is 0.198 e. The predicted octanol–water partition coefficient (Wildman–Crippen LogP) is 4.35. The number of hydrogen-bond donors (Lipinski definition) is 0. The summed E-state index contributed by atoms with van der Waals surface area (Å²) in [6.07, 6.45) is 7.75. The summed E-state index contributed by atoms with van der Waals surface area (Å²) in [7, 11) is 0. The Morgan fingerprint density at radius 3 is 2.78 bits per heavy atom. The molecule has 0 amide bonds. The van der Waals surface area contributed by atoms with Crippen molar-refractivity contribution in [2.45, 2.75) is 31.7 Å². The number of Topliss-reactive ketones (excluding diaryl/α,β-unsaturated/α-hetero) is 1. The summed E-state index contributed by atoms with van der Waals surface area (Å²) in [5.74, 6) is 1.69. The fourth-order valence-electron chi connectivity index (χ4n) is 5.04. The van der Waals surface area contributed by atoms with E-state index in [9.17, 15) is 4.79 Å². The second kappa shape index (κ2) is 6.93. The molecule has 3 fully saturated rings. The molecular formula is C23H24N2O2. The van der Waals surface area contributed by atoms with Gasteiger partial charge in [0.2, 0.25) is 0 Å². The number of ketones is 1. The van der Waals surface area contributed by atoms with Crippen LogP contribution in [0.1, 0.15) is 35.4 Å². The average Bonchev–Trinajstić information content (AvgIpc) is 3.16. The van der Waals surface area contributed by atoms with Crippen LogP contribution in [0, 0.1) is 11.8 Å². The van der Waals surface area contributed by atoms with Gasteiger partial charge in [-0.2, -0.15) is 0 Å². The largest absolute Gasteiger partial charge is 0.453 e. The van der Waals surface area contributed by atoms with E-state index in [1.54, 1.807) is 0 Å². The van der Waals surface area contributed by atoms with E-state index in [-0.39, 0.29) is 5.78 Å². The number of carbonyl (C=O) groups excluding carboxylic acids is 1. The second-order valence-electron chi connectivity index (χ2n) is 7.95. The van der Waals surface area contributed by atoms with Crippen LogP contribution in [0.5, 0.6) is 0 Å². The number of fused-ring (bicyclic) bond motifs is 4. The molecule has 1 aromatic carbocycles. The molecule has 3 aliphatic rings. The van der Waals surface area contributed by atoms with Gasteiger partial charge in [-0.1, -0.05) is 24.3 Å². The van der Waals surface area contributed by atoms with Crippen LogP contribution in [0.2, 0.25) is 0 Å². The molecule has 3 aliphatic heterocycles. The van der Waals surface area contributed by atoms with Crippen LogP contribution in [0.3, 0.4) is 0 Å². The molecule has 0 aliphatic carbocycles. The molecule has 4 nitrogen and oxygen atoms in total. The quantitative estimate of drug-likeness (QED) is 0.635.